The van der Waals surface area contributed by atoms with Crippen LogP contribution < -0.4 is 0 Å². The number of benzene rings is 1. The van der Waals surface area contributed by atoms with Gasteiger partial charge in [-0.3, -0.25) is 0 Å². The number of rotatable bonds is 3. The van der Waals surface area contributed by atoms with Gasteiger partial charge in [0.2, 0.25) is 0 Å². The highest BCUT2D eigenvalue weighted by Gasteiger charge is 2.03. The summed E-state index contributed by atoms with van der Waals surface area (Å²) in [6, 6.07) is 8.20. The van der Waals surface area contributed by atoms with E-state index in [0.717, 1.165) is 5.56 Å². The zero-order valence-corrected chi connectivity index (χ0v) is 10.3. The van der Waals surface area contributed by atoms with Gasteiger partial charge >= 0.3 is 5.97 Å². The maximum absolute atomic E-state index is 11.2. The summed E-state index contributed by atoms with van der Waals surface area (Å²) in [5, 5.41) is 0. The number of hydrogen-bond donors (Lipinski definition) is 0. The van der Waals surface area contributed by atoms with Gasteiger partial charge in [-0.15, -0.1) is 0 Å². The molecule has 0 heterocycles. The lowest BCUT2D eigenvalue weighted by Crippen LogP contribution is -2.00. The zero-order valence-electron chi connectivity index (χ0n) is 10.3. The lowest BCUT2D eigenvalue weighted by Gasteiger charge is -2.05. The van der Waals surface area contributed by atoms with Crippen LogP contribution in [0.4, 0.5) is 0 Å². The number of esters is 1. The first kappa shape index (κ1) is 12.5. The molecule has 2 nitrogen and oxygen atoms in total. The fraction of sp³-hybridized carbons (Fsp3) is 0.357. The summed E-state index contributed by atoms with van der Waals surface area (Å²) in [4.78, 5) is 11.2. The van der Waals surface area contributed by atoms with E-state index in [1.165, 1.54) is 12.7 Å². The molecular weight excluding hydrogens is 200 g/mol. The maximum atomic E-state index is 11.2. The van der Waals surface area contributed by atoms with Crippen molar-refractivity contribution in [2.75, 3.05) is 7.11 Å². The Labute approximate surface area is 96.9 Å². The molecule has 2 heteroatoms. The molecule has 0 fully saturated rings. The van der Waals surface area contributed by atoms with E-state index < -0.39 is 0 Å². The Morgan fingerprint density at radius 2 is 1.81 bits per heavy atom. The second-order valence-corrected chi connectivity index (χ2v) is 4.14. The van der Waals surface area contributed by atoms with E-state index in [2.05, 4.69) is 30.7 Å². The number of ether oxygens (including phenoxy) is 1. The van der Waals surface area contributed by atoms with Crippen LogP contribution in [0.25, 0.3) is 6.08 Å². The number of carbonyl (C=O) groups is 1. The molecule has 0 atom stereocenters. The molecule has 0 aliphatic rings. The van der Waals surface area contributed by atoms with E-state index in [1.807, 2.05) is 18.2 Å². The standard InChI is InChI=1S/C14H18O2/c1-10(2)13-7-5-12(6-8-13)9-11(3)14(15)16-4/h5-10H,1-4H3/b11-9+. The molecule has 1 rings (SSSR count). The Balaban J connectivity index is 2.87. The second-order valence-electron chi connectivity index (χ2n) is 4.14. The first-order valence-corrected chi connectivity index (χ1v) is 5.41. The van der Waals surface area contributed by atoms with Gasteiger partial charge in [-0.25, -0.2) is 4.79 Å². The van der Waals surface area contributed by atoms with Crippen LogP contribution in [0.1, 0.15) is 37.8 Å². The van der Waals surface area contributed by atoms with Crippen molar-refractivity contribution in [2.24, 2.45) is 0 Å². The molecule has 0 radical (unpaired) electrons. The van der Waals surface area contributed by atoms with Crippen LogP contribution in [0.2, 0.25) is 0 Å². The summed E-state index contributed by atoms with van der Waals surface area (Å²) in [6.45, 7) is 6.07. The largest absolute Gasteiger partial charge is 0.466 e. The van der Waals surface area contributed by atoms with Gasteiger partial charge in [0.05, 0.1) is 7.11 Å². The van der Waals surface area contributed by atoms with E-state index in [0.29, 0.717) is 11.5 Å². The van der Waals surface area contributed by atoms with Gasteiger partial charge in [0.1, 0.15) is 0 Å². The van der Waals surface area contributed by atoms with Crippen LogP contribution in [0.3, 0.4) is 0 Å². The molecule has 0 unspecified atom stereocenters. The molecule has 0 N–H and O–H groups in total. The predicted octanol–water partition coefficient (Wildman–Crippen LogP) is 3.39. The van der Waals surface area contributed by atoms with Gasteiger partial charge in [0, 0.05) is 5.57 Å². The topological polar surface area (TPSA) is 26.3 Å². The van der Waals surface area contributed by atoms with E-state index in [1.54, 1.807) is 6.92 Å². The number of methoxy groups -OCH3 is 1. The van der Waals surface area contributed by atoms with Crippen molar-refractivity contribution in [1.29, 1.82) is 0 Å². The highest BCUT2D eigenvalue weighted by atomic mass is 16.5. The third-order valence-electron chi connectivity index (χ3n) is 2.49. The predicted molar refractivity (Wildman–Crippen MR) is 66.2 cm³/mol. The van der Waals surface area contributed by atoms with Gasteiger partial charge in [-0.1, -0.05) is 38.1 Å². The van der Waals surface area contributed by atoms with Crippen molar-refractivity contribution >= 4 is 12.0 Å². The quantitative estimate of drug-likeness (QED) is 0.574. The lowest BCUT2D eigenvalue weighted by atomic mass is 10.0. The molecule has 0 amide bonds. The maximum Gasteiger partial charge on any atom is 0.333 e. The summed E-state index contributed by atoms with van der Waals surface area (Å²) in [6.07, 6.45) is 1.83. The average Bonchev–Trinajstić information content (AvgIpc) is 2.28. The molecule has 86 valence electrons. The van der Waals surface area contributed by atoms with Gasteiger partial charge < -0.3 is 4.74 Å². The van der Waals surface area contributed by atoms with Crippen molar-refractivity contribution in [3.05, 3.63) is 41.0 Å². The van der Waals surface area contributed by atoms with Crippen LogP contribution >= 0.6 is 0 Å². The van der Waals surface area contributed by atoms with Crippen molar-refractivity contribution < 1.29 is 9.53 Å². The molecule has 1 aromatic carbocycles. The van der Waals surface area contributed by atoms with Gasteiger partial charge in [0.25, 0.3) is 0 Å². The molecule has 0 saturated carbocycles. The Bertz CT molecular complexity index is 386. The molecule has 0 aromatic heterocycles. The normalized spacial score (nSPS) is 11.7. The summed E-state index contributed by atoms with van der Waals surface area (Å²) < 4.78 is 4.64. The summed E-state index contributed by atoms with van der Waals surface area (Å²) in [5.41, 5.74) is 2.93. The van der Waals surface area contributed by atoms with Gasteiger partial charge in [-0.2, -0.15) is 0 Å². The van der Waals surface area contributed by atoms with Crippen LogP contribution in [0, 0.1) is 0 Å². The van der Waals surface area contributed by atoms with Crippen molar-refractivity contribution in [3.63, 3.8) is 0 Å². The molecule has 1 aromatic rings. The molecule has 0 bridgehead atoms. The van der Waals surface area contributed by atoms with Gasteiger partial charge in [-0.05, 0) is 30.0 Å². The van der Waals surface area contributed by atoms with Crippen molar-refractivity contribution in [1.82, 2.24) is 0 Å². The third kappa shape index (κ3) is 3.23. The SMILES string of the molecule is COC(=O)/C(C)=C/c1ccc(C(C)C)cc1. The van der Waals surface area contributed by atoms with Crippen molar-refractivity contribution in [2.45, 2.75) is 26.7 Å². The Hall–Kier alpha value is -1.57. The van der Waals surface area contributed by atoms with Crippen LogP contribution in [0.5, 0.6) is 0 Å². The molecular formula is C14H18O2. The first-order chi connectivity index (χ1) is 7.54. The Morgan fingerprint density at radius 3 is 2.25 bits per heavy atom. The first-order valence-electron chi connectivity index (χ1n) is 5.41. The highest BCUT2D eigenvalue weighted by molar-refractivity contribution is 5.92. The summed E-state index contributed by atoms with van der Waals surface area (Å²) in [7, 11) is 1.39. The minimum absolute atomic E-state index is 0.284. The Kier molecular flexibility index (Phi) is 4.29. The Morgan fingerprint density at radius 1 is 1.25 bits per heavy atom. The molecule has 0 aliphatic carbocycles. The smallest absolute Gasteiger partial charge is 0.333 e. The minimum atomic E-state index is -0.284. The second kappa shape index (κ2) is 5.50. The van der Waals surface area contributed by atoms with E-state index >= 15 is 0 Å². The average molecular weight is 218 g/mol. The molecule has 16 heavy (non-hydrogen) atoms. The van der Waals surface area contributed by atoms with E-state index in [-0.39, 0.29) is 5.97 Å². The molecule has 0 spiro atoms. The van der Waals surface area contributed by atoms with E-state index in [9.17, 15) is 4.79 Å². The summed E-state index contributed by atoms with van der Waals surface area (Å²) in [5.74, 6) is 0.243. The van der Waals surface area contributed by atoms with Crippen molar-refractivity contribution in [3.8, 4) is 0 Å². The van der Waals surface area contributed by atoms with Gasteiger partial charge in [0.15, 0.2) is 0 Å². The fourth-order valence-corrected chi connectivity index (χ4v) is 1.45. The molecule has 0 saturated heterocycles. The van der Waals surface area contributed by atoms with E-state index in [4.69, 9.17) is 0 Å². The highest BCUT2D eigenvalue weighted by Crippen LogP contribution is 2.16. The number of carbonyl (C=O) groups excluding carboxylic acids is 1. The number of hydrogen-bond acceptors (Lipinski definition) is 2. The minimum Gasteiger partial charge on any atom is -0.466 e. The molecule has 0 aliphatic heterocycles. The summed E-state index contributed by atoms with van der Waals surface area (Å²) >= 11 is 0. The fourth-order valence-electron chi connectivity index (χ4n) is 1.45. The lowest BCUT2D eigenvalue weighted by molar-refractivity contribution is -0.135. The van der Waals surface area contributed by atoms with Crippen LogP contribution in [0.15, 0.2) is 29.8 Å². The third-order valence-corrected chi connectivity index (χ3v) is 2.49. The van der Waals surface area contributed by atoms with Crippen LogP contribution in [-0.2, 0) is 9.53 Å². The zero-order chi connectivity index (χ0) is 12.1. The monoisotopic (exact) mass is 218 g/mol. The van der Waals surface area contributed by atoms with Crippen LogP contribution in [-0.4, -0.2) is 13.1 Å².